The van der Waals surface area contributed by atoms with Crippen molar-refractivity contribution in [3.63, 3.8) is 0 Å². The van der Waals surface area contributed by atoms with Gasteiger partial charge in [0, 0.05) is 22.8 Å². The average molecular weight is 312 g/mol. The van der Waals surface area contributed by atoms with E-state index in [2.05, 4.69) is 10.3 Å². The maximum atomic E-state index is 10.8. The van der Waals surface area contributed by atoms with E-state index >= 15 is 0 Å². The molecule has 7 heteroatoms. The summed E-state index contributed by atoms with van der Waals surface area (Å²) in [6, 6.07) is 3.08. The molecule has 1 atom stereocenters. The summed E-state index contributed by atoms with van der Waals surface area (Å²) in [6.07, 6.45) is 0. The van der Waals surface area contributed by atoms with E-state index in [9.17, 15) is 10.1 Å². The fraction of sp³-hybridized carbons (Fsp3) is 0.308. The molecule has 0 bridgehead atoms. The Morgan fingerprint density at radius 1 is 1.45 bits per heavy atom. The average Bonchev–Trinajstić information content (AvgIpc) is 2.79. The standard InChI is InChI=1S/C13H14ClN3O2S/c1-7-4-12(17(18)19)10(14)5-11(7)16-9(3)13-15-8(2)6-20-13/h4-6,9,16H,1-3H3. The van der Waals surface area contributed by atoms with E-state index in [-0.39, 0.29) is 16.8 Å². The number of nitro benzene ring substituents is 1. The highest BCUT2D eigenvalue weighted by molar-refractivity contribution is 7.09. The molecular weight excluding hydrogens is 298 g/mol. The molecule has 0 saturated heterocycles. The number of nitrogens with one attached hydrogen (secondary N) is 1. The molecule has 0 aliphatic rings. The SMILES string of the molecule is Cc1csc(C(C)Nc2cc(Cl)c([N+](=O)[O-])cc2C)n1. The molecule has 0 aliphatic carbocycles. The first kappa shape index (κ1) is 14.7. The van der Waals surface area contributed by atoms with Crippen LogP contribution < -0.4 is 5.32 Å². The van der Waals surface area contributed by atoms with Crippen LogP contribution in [-0.2, 0) is 0 Å². The zero-order chi connectivity index (χ0) is 14.9. The fourth-order valence-corrected chi connectivity index (χ4v) is 2.86. The molecular formula is C13H14ClN3O2S. The second-order valence-corrected chi connectivity index (χ2v) is 5.87. The second kappa shape index (κ2) is 5.76. The molecule has 0 radical (unpaired) electrons. The first-order chi connectivity index (χ1) is 9.38. The minimum Gasteiger partial charge on any atom is -0.376 e. The second-order valence-electron chi connectivity index (χ2n) is 4.57. The third kappa shape index (κ3) is 3.08. The van der Waals surface area contributed by atoms with Crippen molar-refractivity contribution in [1.82, 2.24) is 4.98 Å². The van der Waals surface area contributed by atoms with Gasteiger partial charge in [0.2, 0.25) is 0 Å². The third-order valence-corrected chi connectivity index (χ3v) is 4.32. The van der Waals surface area contributed by atoms with Gasteiger partial charge in [0.25, 0.3) is 5.69 Å². The van der Waals surface area contributed by atoms with Crippen LogP contribution in [0.3, 0.4) is 0 Å². The number of nitro groups is 1. The number of halogens is 1. The first-order valence-corrected chi connectivity index (χ1v) is 7.27. The number of aromatic nitrogens is 1. The van der Waals surface area contributed by atoms with Gasteiger partial charge in [-0.15, -0.1) is 11.3 Å². The maximum Gasteiger partial charge on any atom is 0.288 e. The molecule has 1 heterocycles. The number of benzene rings is 1. The van der Waals surface area contributed by atoms with Crippen molar-refractivity contribution in [2.24, 2.45) is 0 Å². The molecule has 1 unspecified atom stereocenters. The number of rotatable bonds is 4. The maximum absolute atomic E-state index is 10.8. The van der Waals surface area contributed by atoms with E-state index in [1.807, 2.05) is 26.2 Å². The van der Waals surface area contributed by atoms with E-state index in [0.717, 1.165) is 22.0 Å². The van der Waals surface area contributed by atoms with Gasteiger partial charge in [-0.1, -0.05) is 11.6 Å². The quantitative estimate of drug-likeness (QED) is 0.667. The van der Waals surface area contributed by atoms with Crippen molar-refractivity contribution in [2.45, 2.75) is 26.8 Å². The number of thiazole rings is 1. The molecule has 2 rings (SSSR count). The van der Waals surface area contributed by atoms with Crippen LogP contribution in [0.5, 0.6) is 0 Å². The molecule has 0 amide bonds. The van der Waals surface area contributed by atoms with Crippen LogP contribution in [0.2, 0.25) is 5.02 Å². The molecule has 1 aromatic heterocycles. The zero-order valence-electron chi connectivity index (χ0n) is 11.3. The number of anilines is 1. The number of hydrogen-bond donors (Lipinski definition) is 1. The van der Waals surface area contributed by atoms with Crippen LogP contribution in [0, 0.1) is 24.0 Å². The topological polar surface area (TPSA) is 68.1 Å². The van der Waals surface area contributed by atoms with Gasteiger partial charge in [-0.25, -0.2) is 4.98 Å². The van der Waals surface area contributed by atoms with Gasteiger partial charge >= 0.3 is 0 Å². The lowest BCUT2D eigenvalue weighted by Crippen LogP contribution is -2.08. The summed E-state index contributed by atoms with van der Waals surface area (Å²) in [7, 11) is 0. The van der Waals surface area contributed by atoms with E-state index in [0.29, 0.717) is 0 Å². The summed E-state index contributed by atoms with van der Waals surface area (Å²) in [5.74, 6) is 0. The highest BCUT2D eigenvalue weighted by Crippen LogP contribution is 2.32. The van der Waals surface area contributed by atoms with Crippen molar-refractivity contribution >= 4 is 34.3 Å². The number of nitrogens with zero attached hydrogens (tertiary/aromatic N) is 2. The highest BCUT2D eigenvalue weighted by Gasteiger charge is 2.17. The van der Waals surface area contributed by atoms with Gasteiger partial charge in [-0.2, -0.15) is 0 Å². The summed E-state index contributed by atoms with van der Waals surface area (Å²) in [5.41, 5.74) is 2.46. The Hall–Kier alpha value is -1.66. The van der Waals surface area contributed by atoms with E-state index in [1.54, 1.807) is 17.4 Å². The van der Waals surface area contributed by atoms with Crippen LogP contribution in [0.25, 0.3) is 0 Å². The monoisotopic (exact) mass is 311 g/mol. The molecule has 0 fully saturated rings. The molecule has 5 nitrogen and oxygen atoms in total. The molecule has 20 heavy (non-hydrogen) atoms. The molecule has 0 aliphatic heterocycles. The van der Waals surface area contributed by atoms with Gasteiger partial charge in [-0.05, 0) is 32.4 Å². The lowest BCUT2D eigenvalue weighted by Gasteiger charge is -2.15. The molecule has 1 N–H and O–H groups in total. The van der Waals surface area contributed by atoms with E-state index in [1.165, 1.54) is 6.07 Å². The normalized spacial score (nSPS) is 12.2. The van der Waals surface area contributed by atoms with Crippen LogP contribution >= 0.6 is 22.9 Å². The van der Waals surface area contributed by atoms with Gasteiger partial charge in [-0.3, -0.25) is 10.1 Å². The minimum atomic E-state index is -0.479. The molecule has 2 aromatic rings. The minimum absolute atomic E-state index is 0.0184. The Balaban J connectivity index is 2.25. The lowest BCUT2D eigenvalue weighted by atomic mass is 10.1. The summed E-state index contributed by atoms with van der Waals surface area (Å²) in [5, 5.41) is 17.2. The Morgan fingerprint density at radius 3 is 2.70 bits per heavy atom. The highest BCUT2D eigenvalue weighted by atomic mass is 35.5. The first-order valence-electron chi connectivity index (χ1n) is 6.01. The number of aryl methyl sites for hydroxylation is 2. The Morgan fingerprint density at radius 2 is 2.15 bits per heavy atom. The van der Waals surface area contributed by atoms with Gasteiger partial charge < -0.3 is 5.32 Å². The summed E-state index contributed by atoms with van der Waals surface area (Å²) in [6.45, 7) is 5.75. The van der Waals surface area contributed by atoms with Crippen LogP contribution in [-0.4, -0.2) is 9.91 Å². The summed E-state index contributed by atoms with van der Waals surface area (Å²) >= 11 is 7.52. The zero-order valence-corrected chi connectivity index (χ0v) is 12.9. The smallest absolute Gasteiger partial charge is 0.288 e. The van der Waals surface area contributed by atoms with Crippen LogP contribution in [0.4, 0.5) is 11.4 Å². The van der Waals surface area contributed by atoms with Crippen LogP contribution in [0.1, 0.15) is 29.2 Å². The predicted octanol–water partition coefficient (Wildman–Crippen LogP) is 4.49. The summed E-state index contributed by atoms with van der Waals surface area (Å²) in [4.78, 5) is 14.8. The van der Waals surface area contributed by atoms with Crippen molar-refractivity contribution in [1.29, 1.82) is 0 Å². The van der Waals surface area contributed by atoms with Crippen LogP contribution in [0.15, 0.2) is 17.5 Å². The molecule has 1 aromatic carbocycles. The van der Waals surface area contributed by atoms with Crippen molar-refractivity contribution in [3.05, 3.63) is 48.9 Å². The predicted molar refractivity (Wildman–Crippen MR) is 81.7 cm³/mol. The molecule has 0 spiro atoms. The van der Waals surface area contributed by atoms with Gasteiger partial charge in [0.05, 0.1) is 11.0 Å². The van der Waals surface area contributed by atoms with Crippen molar-refractivity contribution in [3.8, 4) is 0 Å². The largest absolute Gasteiger partial charge is 0.376 e. The van der Waals surface area contributed by atoms with Crippen molar-refractivity contribution < 1.29 is 4.92 Å². The van der Waals surface area contributed by atoms with E-state index in [4.69, 9.17) is 11.6 Å². The Bertz CT molecular complexity index is 657. The number of hydrogen-bond acceptors (Lipinski definition) is 5. The molecule has 0 saturated carbocycles. The lowest BCUT2D eigenvalue weighted by molar-refractivity contribution is -0.384. The Kier molecular flexibility index (Phi) is 4.25. The summed E-state index contributed by atoms with van der Waals surface area (Å²) < 4.78 is 0. The van der Waals surface area contributed by atoms with Gasteiger partial charge in [0.1, 0.15) is 10.0 Å². The van der Waals surface area contributed by atoms with Crippen molar-refractivity contribution in [2.75, 3.05) is 5.32 Å². The van der Waals surface area contributed by atoms with Gasteiger partial charge in [0.15, 0.2) is 0 Å². The molecule has 106 valence electrons. The third-order valence-electron chi connectivity index (χ3n) is 2.87. The Labute approximate surface area is 125 Å². The van der Waals surface area contributed by atoms with E-state index < -0.39 is 4.92 Å². The fourth-order valence-electron chi connectivity index (χ4n) is 1.83.